The number of anilines is 2. The summed E-state index contributed by atoms with van der Waals surface area (Å²) < 4.78 is 0. The molecule has 2 aromatic carbocycles. The molecule has 0 aromatic heterocycles. The van der Waals surface area contributed by atoms with Gasteiger partial charge in [0, 0.05) is 31.9 Å². The van der Waals surface area contributed by atoms with Crippen molar-refractivity contribution in [3.05, 3.63) is 65.9 Å². The predicted molar refractivity (Wildman–Crippen MR) is 105 cm³/mol. The van der Waals surface area contributed by atoms with E-state index in [1.165, 1.54) is 14.0 Å². The van der Waals surface area contributed by atoms with E-state index in [0.717, 1.165) is 10.6 Å². The number of nitrogens with one attached hydrogen (secondary N) is 1. The molecule has 138 valence electrons. The van der Waals surface area contributed by atoms with E-state index in [1.807, 2.05) is 42.2 Å². The molecule has 0 fully saturated rings. The normalized spacial score (nSPS) is 14.0. The molecule has 0 bridgehead atoms. The van der Waals surface area contributed by atoms with Crippen LogP contribution < -0.4 is 10.2 Å². The Morgan fingerprint density at radius 3 is 2.19 bits per heavy atom. The van der Waals surface area contributed by atoms with Crippen LogP contribution in [0.25, 0.3) is 5.57 Å². The topological polar surface area (TPSA) is 69.7 Å². The first-order valence-electron chi connectivity index (χ1n) is 8.71. The van der Waals surface area contributed by atoms with Crippen LogP contribution in [0, 0.1) is 0 Å². The van der Waals surface area contributed by atoms with Crippen molar-refractivity contribution in [2.24, 2.45) is 0 Å². The molecule has 27 heavy (non-hydrogen) atoms. The standard InChI is InChI=1S/C21H21N3O3/c1-4-24(17-8-6-5-7-9-17)19-18(20(26)23(3)21(19)27)15-10-12-16(13-11-15)22-14(2)25/h5-13H,4H2,1-3H3,(H,22,25). The molecule has 6 heteroatoms. The monoisotopic (exact) mass is 363 g/mol. The zero-order valence-corrected chi connectivity index (χ0v) is 15.5. The van der Waals surface area contributed by atoms with E-state index >= 15 is 0 Å². The molecule has 0 saturated heterocycles. The van der Waals surface area contributed by atoms with Crippen molar-refractivity contribution in [1.82, 2.24) is 4.90 Å². The number of carbonyl (C=O) groups excluding carboxylic acids is 3. The molecule has 0 radical (unpaired) electrons. The summed E-state index contributed by atoms with van der Waals surface area (Å²) in [6.45, 7) is 3.91. The lowest BCUT2D eigenvalue weighted by Crippen LogP contribution is -2.32. The maximum absolute atomic E-state index is 12.8. The third-order valence-corrected chi connectivity index (χ3v) is 4.41. The van der Waals surface area contributed by atoms with Gasteiger partial charge in [-0.3, -0.25) is 19.3 Å². The average Bonchev–Trinajstić information content (AvgIpc) is 2.88. The number of rotatable bonds is 5. The van der Waals surface area contributed by atoms with Crippen LogP contribution in [-0.2, 0) is 14.4 Å². The number of benzene rings is 2. The highest BCUT2D eigenvalue weighted by molar-refractivity contribution is 6.36. The van der Waals surface area contributed by atoms with Gasteiger partial charge < -0.3 is 10.2 Å². The Labute approximate surface area is 158 Å². The van der Waals surface area contributed by atoms with Crippen molar-refractivity contribution in [2.45, 2.75) is 13.8 Å². The largest absolute Gasteiger partial charge is 0.337 e. The molecule has 3 rings (SSSR count). The first-order chi connectivity index (χ1) is 12.9. The van der Waals surface area contributed by atoms with Crippen molar-refractivity contribution in [3.8, 4) is 0 Å². The van der Waals surface area contributed by atoms with Gasteiger partial charge >= 0.3 is 0 Å². The van der Waals surface area contributed by atoms with E-state index in [0.29, 0.717) is 29.1 Å². The number of amides is 3. The third kappa shape index (κ3) is 3.46. The van der Waals surface area contributed by atoms with Crippen LogP contribution in [-0.4, -0.2) is 36.2 Å². The van der Waals surface area contributed by atoms with Crippen LogP contribution >= 0.6 is 0 Å². The van der Waals surface area contributed by atoms with Gasteiger partial charge in [-0.1, -0.05) is 30.3 Å². The Bertz CT molecular complexity index is 917. The number of para-hydroxylation sites is 1. The molecule has 0 saturated carbocycles. The first-order valence-corrected chi connectivity index (χ1v) is 8.71. The fraction of sp³-hybridized carbons (Fsp3) is 0.190. The van der Waals surface area contributed by atoms with E-state index in [1.54, 1.807) is 24.3 Å². The van der Waals surface area contributed by atoms with Gasteiger partial charge in [-0.15, -0.1) is 0 Å². The summed E-state index contributed by atoms with van der Waals surface area (Å²) >= 11 is 0. The highest BCUT2D eigenvalue weighted by atomic mass is 16.2. The lowest BCUT2D eigenvalue weighted by atomic mass is 10.0. The maximum atomic E-state index is 12.8. The fourth-order valence-electron chi connectivity index (χ4n) is 3.14. The summed E-state index contributed by atoms with van der Waals surface area (Å²) in [5, 5.41) is 2.69. The molecule has 2 aromatic rings. The molecular formula is C21H21N3O3. The summed E-state index contributed by atoms with van der Waals surface area (Å²) in [7, 11) is 1.49. The summed E-state index contributed by atoms with van der Waals surface area (Å²) in [4.78, 5) is 39.8. The SMILES string of the molecule is CCN(C1=C(c2ccc(NC(C)=O)cc2)C(=O)N(C)C1=O)c1ccccc1. The first kappa shape index (κ1) is 18.4. The molecule has 6 nitrogen and oxygen atoms in total. The predicted octanol–water partition coefficient (Wildman–Crippen LogP) is 2.88. The Balaban J connectivity index is 2.11. The summed E-state index contributed by atoms with van der Waals surface area (Å²) in [5.41, 5.74) is 2.84. The zero-order chi connectivity index (χ0) is 19.6. The second-order valence-electron chi connectivity index (χ2n) is 6.23. The zero-order valence-electron chi connectivity index (χ0n) is 15.5. The highest BCUT2D eigenvalue weighted by Gasteiger charge is 2.39. The lowest BCUT2D eigenvalue weighted by molar-refractivity contribution is -0.135. The van der Waals surface area contributed by atoms with Gasteiger partial charge in [0.25, 0.3) is 11.8 Å². The van der Waals surface area contributed by atoms with Crippen LogP contribution in [0.1, 0.15) is 19.4 Å². The second kappa shape index (κ2) is 7.45. The molecule has 0 unspecified atom stereocenters. The van der Waals surface area contributed by atoms with E-state index in [-0.39, 0.29) is 17.7 Å². The highest BCUT2D eigenvalue weighted by Crippen LogP contribution is 2.33. The van der Waals surface area contributed by atoms with E-state index in [4.69, 9.17) is 0 Å². The Hall–Kier alpha value is -3.41. The lowest BCUT2D eigenvalue weighted by Gasteiger charge is -2.24. The molecule has 1 heterocycles. The van der Waals surface area contributed by atoms with Gasteiger partial charge in [0.2, 0.25) is 5.91 Å². The van der Waals surface area contributed by atoms with E-state index in [9.17, 15) is 14.4 Å². The number of hydrogen-bond donors (Lipinski definition) is 1. The van der Waals surface area contributed by atoms with Crippen LogP contribution in [0.4, 0.5) is 11.4 Å². The minimum atomic E-state index is -0.336. The molecule has 0 aliphatic carbocycles. The molecule has 0 atom stereocenters. The molecule has 3 amide bonds. The Morgan fingerprint density at radius 1 is 1.00 bits per heavy atom. The summed E-state index contributed by atoms with van der Waals surface area (Å²) in [5.74, 6) is -0.834. The number of carbonyl (C=O) groups is 3. The van der Waals surface area contributed by atoms with Gasteiger partial charge in [0.05, 0.1) is 5.57 Å². The van der Waals surface area contributed by atoms with Crippen molar-refractivity contribution in [2.75, 3.05) is 23.8 Å². The summed E-state index contributed by atoms with van der Waals surface area (Å²) in [6.07, 6.45) is 0. The number of likely N-dealkylation sites (N-methyl/N-ethyl adjacent to an activating group) is 2. The number of nitrogens with zero attached hydrogens (tertiary/aromatic N) is 2. The molecular weight excluding hydrogens is 342 g/mol. The van der Waals surface area contributed by atoms with Gasteiger partial charge in [-0.2, -0.15) is 0 Å². The number of imide groups is 1. The maximum Gasteiger partial charge on any atom is 0.277 e. The van der Waals surface area contributed by atoms with Crippen molar-refractivity contribution >= 4 is 34.7 Å². The van der Waals surface area contributed by atoms with Crippen LogP contribution in [0.5, 0.6) is 0 Å². The molecule has 1 aliphatic heterocycles. The summed E-state index contributed by atoms with van der Waals surface area (Å²) in [6, 6.07) is 16.4. The minimum absolute atomic E-state index is 0.171. The fourth-order valence-corrected chi connectivity index (χ4v) is 3.14. The van der Waals surface area contributed by atoms with Gasteiger partial charge in [-0.05, 0) is 36.8 Å². The van der Waals surface area contributed by atoms with Gasteiger partial charge in [0.1, 0.15) is 5.70 Å². The third-order valence-electron chi connectivity index (χ3n) is 4.41. The van der Waals surface area contributed by atoms with Crippen LogP contribution in [0.3, 0.4) is 0 Å². The smallest absolute Gasteiger partial charge is 0.277 e. The van der Waals surface area contributed by atoms with Crippen molar-refractivity contribution in [1.29, 1.82) is 0 Å². The van der Waals surface area contributed by atoms with E-state index in [2.05, 4.69) is 5.32 Å². The van der Waals surface area contributed by atoms with Crippen LogP contribution in [0.2, 0.25) is 0 Å². The average molecular weight is 363 g/mol. The quantitative estimate of drug-likeness (QED) is 0.830. The van der Waals surface area contributed by atoms with Gasteiger partial charge in [-0.25, -0.2) is 0 Å². The second-order valence-corrected chi connectivity index (χ2v) is 6.23. The van der Waals surface area contributed by atoms with E-state index < -0.39 is 0 Å². The van der Waals surface area contributed by atoms with Gasteiger partial charge in [0.15, 0.2) is 0 Å². The number of hydrogen-bond acceptors (Lipinski definition) is 4. The van der Waals surface area contributed by atoms with Crippen LogP contribution in [0.15, 0.2) is 60.3 Å². The molecule has 1 N–H and O–H groups in total. The Morgan fingerprint density at radius 2 is 1.63 bits per heavy atom. The molecule has 1 aliphatic rings. The van der Waals surface area contributed by atoms with Crippen molar-refractivity contribution in [3.63, 3.8) is 0 Å². The van der Waals surface area contributed by atoms with Crippen molar-refractivity contribution < 1.29 is 14.4 Å². The Kier molecular flexibility index (Phi) is 5.07. The minimum Gasteiger partial charge on any atom is -0.337 e. The molecule has 0 spiro atoms.